The monoisotopic (exact) mass is 368 g/mol. The molecule has 1 aromatic rings. The van der Waals surface area contributed by atoms with Gasteiger partial charge in [0.2, 0.25) is 0 Å². The summed E-state index contributed by atoms with van der Waals surface area (Å²) >= 11 is 0.733. The van der Waals surface area contributed by atoms with Crippen molar-refractivity contribution in [3.05, 3.63) is 24.3 Å². The fourth-order valence-electron chi connectivity index (χ4n) is 2.93. The highest BCUT2D eigenvalue weighted by Crippen LogP contribution is 2.55. The van der Waals surface area contributed by atoms with E-state index in [1.54, 1.807) is 24.3 Å². The molecule has 1 aromatic carbocycles. The number of Topliss-reactive ketones (excluding diaryl/α,β-unsaturated/α-hetero) is 1. The predicted octanol–water partition coefficient (Wildman–Crippen LogP) is 4.04. The normalized spacial score (nSPS) is 22.7. The molecule has 0 spiro atoms. The number of alkyl halides is 6. The molecule has 0 amide bonds. The van der Waals surface area contributed by atoms with Gasteiger partial charge in [-0.25, -0.2) is 4.99 Å². The van der Waals surface area contributed by atoms with Crippen LogP contribution < -0.4 is 4.90 Å². The zero-order valence-electron chi connectivity index (χ0n) is 12.1. The molecule has 0 saturated heterocycles. The number of ketones is 1. The van der Waals surface area contributed by atoms with Gasteiger partial charge in [0, 0.05) is 11.4 Å². The summed E-state index contributed by atoms with van der Waals surface area (Å²) in [6, 6.07) is 6.37. The number of amidine groups is 1. The van der Waals surface area contributed by atoms with Crippen LogP contribution in [0.15, 0.2) is 34.2 Å². The van der Waals surface area contributed by atoms with Crippen molar-refractivity contribution in [2.45, 2.75) is 29.7 Å². The minimum absolute atomic E-state index is 0.400. The van der Waals surface area contributed by atoms with E-state index in [1.165, 1.54) is 4.90 Å². The quantitative estimate of drug-likeness (QED) is 0.702. The Kier molecular flexibility index (Phi) is 3.67. The van der Waals surface area contributed by atoms with Gasteiger partial charge in [0.05, 0.1) is 11.6 Å². The van der Waals surface area contributed by atoms with Gasteiger partial charge in [-0.2, -0.15) is 26.3 Å². The molecule has 2 aliphatic heterocycles. The van der Waals surface area contributed by atoms with E-state index in [2.05, 4.69) is 4.99 Å². The van der Waals surface area contributed by atoms with Crippen LogP contribution in [-0.2, 0) is 4.79 Å². The van der Waals surface area contributed by atoms with Gasteiger partial charge in [-0.3, -0.25) is 4.79 Å². The van der Waals surface area contributed by atoms with Gasteiger partial charge in [-0.15, -0.1) is 0 Å². The Balaban J connectivity index is 2.24. The van der Waals surface area contributed by atoms with Crippen molar-refractivity contribution >= 4 is 28.4 Å². The first-order valence-corrected chi connectivity index (χ1v) is 7.59. The maximum Gasteiger partial charge on any atom is 0.423 e. The molecule has 3 nitrogen and oxygen atoms in total. The molecule has 0 aliphatic carbocycles. The molecule has 130 valence electrons. The molecule has 0 aromatic heterocycles. The number of halogens is 6. The van der Waals surface area contributed by atoms with E-state index in [4.69, 9.17) is 0 Å². The number of carbonyl (C=O) groups is 1. The fraction of sp³-hybridized carbons (Fsp3) is 0.429. The van der Waals surface area contributed by atoms with Crippen molar-refractivity contribution in [2.75, 3.05) is 11.4 Å². The summed E-state index contributed by atoms with van der Waals surface area (Å²) in [6.45, 7) is 0.00370. The van der Waals surface area contributed by atoms with Crippen molar-refractivity contribution in [1.82, 2.24) is 0 Å². The lowest BCUT2D eigenvalue weighted by atomic mass is 9.78. The third kappa shape index (κ3) is 2.22. The maximum absolute atomic E-state index is 13.5. The van der Waals surface area contributed by atoms with Crippen LogP contribution in [0.3, 0.4) is 0 Å². The lowest BCUT2D eigenvalue weighted by Crippen LogP contribution is -2.67. The molecule has 3 rings (SSSR count). The molecule has 24 heavy (non-hydrogen) atoms. The summed E-state index contributed by atoms with van der Waals surface area (Å²) in [6.07, 6.45) is -11.5. The number of benzene rings is 1. The number of nitrogens with zero attached hydrogens (tertiary/aromatic N) is 2. The smallest absolute Gasteiger partial charge is 0.319 e. The van der Waals surface area contributed by atoms with E-state index < -0.39 is 41.3 Å². The summed E-state index contributed by atoms with van der Waals surface area (Å²) in [5.41, 5.74) is -3.97. The van der Waals surface area contributed by atoms with E-state index in [-0.39, 0.29) is 0 Å². The van der Waals surface area contributed by atoms with Crippen molar-refractivity contribution in [2.24, 2.45) is 10.9 Å². The summed E-state index contributed by atoms with van der Waals surface area (Å²) < 4.78 is 80.9. The van der Waals surface area contributed by atoms with Gasteiger partial charge in [0.15, 0.2) is 5.17 Å². The minimum Gasteiger partial charge on any atom is -0.319 e. The Hall–Kier alpha value is -1.71. The third-order valence-corrected chi connectivity index (χ3v) is 5.14. The zero-order chi connectivity index (χ0) is 17.9. The molecular formula is C14H10F6N2OS. The van der Waals surface area contributed by atoms with Crippen molar-refractivity contribution < 1.29 is 31.1 Å². The van der Waals surface area contributed by atoms with Crippen molar-refractivity contribution in [3.63, 3.8) is 0 Å². The Morgan fingerprint density at radius 3 is 2.33 bits per heavy atom. The van der Waals surface area contributed by atoms with Crippen molar-refractivity contribution in [3.8, 4) is 0 Å². The van der Waals surface area contributed by atoms with Gasteiger partial charge >= 0.3 is 12.4 Å². The predicted molar refractivity (Wildman–Crippen MR) is 76.1 cm³/mol. The number of anilines is 1. The maximum atomic E-state index is 13.5. The molecule has 2 heterocycles. The highest BCUT2D eigenvalue weighted by molar-refractivity contribution is 8.14. The van der Waals surface area contributed by atoms with Crippen LogP contribution in [0.25, 0.3) is 0 Å². The zero-order valence-corrected chi connectivity index (χ0v) is 12.9. The Bertz CT molecular complexity index is 713. The molecule has 0 radical (unpaired) electrons. The second kappa shape index (κ2) is 5.14. The van der Waals surface area contributed by atoms with Crippen LogP contribution in [0.1, 0.15) is 6.92 Å². The van der Waals surface area contributed by atoms with E-state index in [9.17, 15) is 31.1 Å². The standard InChI is InChI=1S/C14H10F6N2OS/c1-7(23)8-6-22-9-4-2-3-5-10(9)24-11(22)21-12(8,13(15,16)17)14(18,19)20/h2-5,8H,6H2,1H3. The second-order valence-corrected chi connectivity index (χ2v) is 6.51. The van der Waals surface area contributed by atoms with Crippen molar-refractivity contribution in [1.29, 1.82) is 0 Å². The molecule has 0 fully saturated rings. The molecule has 2 aliphatic rings. The summed E-state index contributed by atoms with van der Waals surface area (Å²) in [5, 5.41) is -0.400. The van der Waals surface area contributed by atoms with Crippen LogP contribution in [0.2, 0.25) is 0 Å². The lowest BCUT2D eigenvalue weighted by Gasteiger charge is -2.44. The number of hydrogen-bond donors (Lipinski definition) is 0. The first-order valence-electron chi connectivity index (χ1n) is 6.77. The van der Waals surface area contributed by atoms with E-state index in [0.717, 1.165) is 18.7 Å². The molecule has 1 atom stereocenters. The molecule has 0 saturated carbocycles. The third-order valence-electron chi connectivity index (χ3n) is 4.08. The molecule has 0 bridgehead atoms. The number of rotatable bonds is 1. The number of carbonyl (C=O) groups excluding carboxylic acids is 1. The summed E-state index contributed by atoms with van der Waals surface area (Å²) in [5.74, 6) is -3.57. The Labute approximate surface area is 136 Å². The van der Waals surface area contributed by atoms with Crippen LogP contribution in [0.4, 0.5) is 32.0 Å². The van der Waals surface area contributed by atoms with Gasteiger partial charge in [0.1, 0.15) is 5.78 Å². The summed E-state index contributed by atoms with van der Waals surface area (Å²) in [7, 11) is 0. The second-order valence-electron chi connectivity index (χ2n) is 5.50. The minimum atomic E-state index is -5.74. The first-order chi connectivity index (χ1) is 11.0. The number of para-hydroxylation sites is 1. The average molecular weight is 368 g/mol. The van der Waals surface area contributed by atoms with Crippen LogP contribution >= 0.6 is 11.8 Å². The Morgan fingerprint density at radius 2 is 1.79 bits per heavy atom. The van der Waals surface area contributed by atoms with Gasteiger partial charge in [-0.05, 0) is 30.8 Å². The SMILES string of the molecule is CC(=O)C1CN2C(=NC1(C(F)(F)F)C(F)(F)F)Sc1ccccc12. The average Bonchev–Trinajstić information content (AvgIpc) is 2.80. The number of thioether (sulfide) groups is 1. The highest BCUT2D eigenvalue weighted by Gasteiger charge is 2.77. The highest BCUT2D eigenvalue weighted by atomic mass is 32.2. The van der Waals surface area contributed by atoms with Gasteiger partial charge < -0.3 is 4.90 Å². The molecular weight excluding hydrogens is 358 g/mol. The van der Waals surface area contributed by atoms with Crippen LogP contribution in [0, 0.1) is 5.92 Å². The van der Waals surface area contributed by atoms with Crippen LogP contribution in [-0.4, -0.2) is 35.4 Å². The number of fused-ring (bicyclic) bond motifs is 3. The number of aliphatic imine (C=N–C) groups is 1. The fourth-order valence-corrected chi connectivity index (χ4v) is 4.03. The molecule has 0 N–H and O–H groups in total. The topological polar surface area (TPSA) is 32.7 Å². The first kappa shape index (κ1) is 17.1. The van der Waals surface area contributed by atoms with Gasteiger partial charge in [0.25, 0.3) is 5.54 Å². The van der Waals surface area contributed by atoms with E-state index in [1.807, 2.05) is 0 Å². The molecule has 10 heteroatoms. The lowest BCUT2D eigenvalue weighted by molar-refractivity contribution is -0.307. The van der Waals surface area contributed by atoms with Gasteiger partial charge in [-0.1, -0.05) is 12.1 Å². The van der Waals surface area contributed by atoms with E-state index in [0.29, 0.717) is 10.6 Å². The Morgan fingerprint density at radius 1 is 1.21 bits per heavy atom. The van der Waals surface area contributed by atoms with E-state index >= 15 is 0 Å². The van der Waals surface area contributed by atoms with Crippen LogP contribution in [0.5, 0.6) is 0 Å². The number of hydrogen-bond acceptors (Lipinski definition) is 4. The largest absolute Gasteiger partial charge is 0.423 e. The molecule has 1 unspecified atom stereocenters. The summed E-state index contributed by atoms with van der Waals surface area (Å²) in [4.78, 5) is 16.5.